The first kappa shape index (κ1) is 13.3. The molecule has 1 aromatic rings. The highest BCUT2D eigenvalue weighted by Crippen LogP contribution is 2.23. The fourth-order valence-corrected chi connectivity index (χ4v) is 1.92. The summed E-state index contributed by atoms with van der Waals surface area (Å²) in [6, 6.07) is 6.26. The first-order chi connectivity index (χ1) is 9.20. The SMILES string of the molecule is N#CCC(=O)Nc1ccc(N2CCOCC2)c(F)c1. The number of hydrogen-bond donors (Lipinski definition) is 1. The van der Waals surface area contributed by atoms with Crippen LogP contribution in [-0.4, -0.2) is 32.2 Å². The van der Waals surface area contributed by atoms with Gasteiger partial charge in [0, 0.05) is 18.8 Å². The van der Waals surface area contributed by atoms with Gasteiger partial charge < -0.3 is 15.0 Å². The molecule has 19 heavy (non-hydrogen) atoms. The first-order valence-corrected chi connectivity index (χ1v) is 6.00. The van der Waals surface area contributed by atoms with E-state index in [1.54, 1.807) is 18.2 Å². The van der Waals surface area contributed by atoms with Crippen LogP contribution in [0.2, 0.25) is 0 Å². The fraction of sp³-hybridized carbons (Fsp3) is 0.385. The van der Waals surface area contributed by atoms with Gasteiger partial charge in [-0.25, -0.2) is 4.39 Å². The van der Waals surface area contributed by atoms with E-state index < -0.39 is 11.7 Å². The second kappa shape index (κ2) is 6.16. The minimum Gasteiger partial charge on any atom is -0.378 e. The van der Waals surface area contributed by atoms with Gasteiger partial charge in [-0.1, -0.05) is 0 Å². The number of anilines is 2. The highest BCUT2D eigenvalue weighted by Gasteiger charge is 2.15. The molecular formula is C13H14FN3O2. The predicted molar refractivity (Wildman–Crippen MR) is 68.3 cm³/mol. The molecule has 1 heterocycles. The molecule has 6 heteroatoms. The van der Waals surface area contributed by atoms with Crippen LogP contribution in [0, 0.1) is 17.1 Å². The van der Waals surface area contributed by atoms with Gasteiger partial charge in [0.2, 0.25) is 5.91 Å². The van der Waals surface area contributed by atoms with Gasteiger partial charge in [-0.2, -0.15) is 5.26 Å². The Balaban J connectivity index is 2.08. The Bertz CT molecular complexity index is 507. The lowest BCUT2D eigenvalue weighted by atomic mass is 10.2. The number of halogens is 1. The zero-order chi connectivity index (χ0) is 13.7. The van der Waals surface area contributed by atoms with E-state index in [2.05, 4.69) is 5.32 Å². The molecule has 0 aliphatic carbocycles. The summed E-state index contributed by atoms with van der Waals surface area (Å²) in [7, 11) is 0. The van der Waals surface area contributed by atoms with Gasteiger partial charge in [-0.3, -0.25) is 4.79 Å². The van der Waals surface area contributed by atoms with Crippen molar-refractivity contribution in [2.75, 3.05) is 36.5 Å². The normalized spacial score (nSPS) is 14.8. The minimum atomic E-state index is -0.443. The van der Waals surface area contributed by atoms with Crippen molar-refractivity contribution in [3.63, 3.8) is 0 Å². The predicted octanol–water partition coefficient (Wildman–Crippen LogP) is 1.51. The van der Waals surface area contributed by atoms with Crippen molar-refractivity contribution in [1.82, 2.24) is 0 Å². The second-order valence-corrected chi connectivity index (χ2v) is 4.15. The molecule has 1 N–H and O–H groups in total. The van der Waals surface area contributed by atoms with Crippen LogP contribution in [0.15, 0.2) is 18.2 Å². The maximum atomic E-state index is 14.0. The van der Waals surface area contributed by atoms with Crippen LogP contribution in [0.4, 0.5) is 15.8 Å². The lowest BCUT2D eigenvalue weighted by Gasteiger charge is -2.29. The van der Waals surface area contributed by atoms with E-state index in [0.29, 0.717) is 37.7 Å². The highest BCUT2D eigenvalue weighted by molar-refractivity contribution is 5.92. The molecule has 0 bridgehead atoms. The van der Waals surface area contributed by atoms with Gasteiger partial charge in [0.05, 0.1) is 25.0 Å². The van der Waals surface area contributed by atoms with Crippen LogP contribution in [0.25, 0.3) is 0 Å². The molecule has 1 aliphatic heterocycles. The summed E-state index contributed by atoms with van der Waals surface area (Å²) in [6.07, 6.45) is -0.243. The van der Waals surface area contributed by atoms with Crippen LogP contribution >= 0.6 is 0 Å². The van der Waals surface area contributed by atoms with Crippen molar-refractivity contribution >= 4 is 17.3 Å². The zero-order valence-electron chi connectivity index (χ0n) is 10.4. The molecule has 0 saturated carbocycles. The Labute approximate surface area is 110 Å². The minimum absolute atomic E-state index is 0.243. The van der Waals surface area contributed by atoms with E-state index in [0.717, 1.165) is 0 Å². The monoisotopic (exact) mass is 263 g/mol. The summed E-state index contributed by atoms with van der Waals surface area (Å²) < 4.78 is 19.2. The summed E-state index contributed by atoms with van der Waals surface area (Å²) in [5, 5.41) is 10.8. The number of ether oxygens (including phenoxy) is 1. The second-order valence-electron chi connectivity index (χ2n) is 4.15. The van der Waals surface area contributed by atoms with E-state index in [-0.39, 0.29) is 6.42 Å². The first-order valence-electron chi connectivity index (χ1n) is 6.00. The molecule has 0 spiro atoms. The van der Waals surface area contributed by atoms with Crippen LogP contribution in [0.5, 0.6) is 0 Å². The van der Waals surface area contributed by atoms with Crippen LogP contribution in [-0.2, 0) is 9.53 Å². The largest absolute Gasteiger partial charge is 0.378 e. The van der Waals surface area contributed by atoms with Gasteiger partial charge in [0.1, 0.15) is 12.2 Å². The Kier molecular flexibility index (Phi) is 4.31. The summed E-state index contributed by atoms with van der Waals surface area (Å²) in [6.45, 7) is 2.47. The van der Waals surface area contributed by atoms with E-state index in [9.17, 15) is 9.18 Å². The van der Waals surface area contributed by atoms with Crippen molar-refractivity contribution in [3.05, 3.63) is 24.0 Å². The molecule has 5 nitrogen and oxygen atoms in total. The Hall–Kier alpha value is -2.13. The Morgan fingerprint density at radius 2 is 2.21 bits per heavy atom. The molecule has 0 radical (unpaired) electrons. The molecular weight excluding hydrogens is 249 g/mol. The number of nitriles is 1. The highest BCUT2D eigenvalue weighted by atomic mass is 19.1. The number of amides is 1. The summed E-state index contributed by atoms with van der Waals surface area (Å²) >= 11 is 0. The van der Waals surface area contributed by atoms with E-state index in [1.807, 2.05) is 4.90 Å². The molecule has 1 fully saturated rings. The molecule has 1 aliphatic rings. The van der Waals surface area contributed by atoms with Crippen molar-refractivity contribution < 1.29 is 13.9 Å². The van der Waals surface area contributed by atoms with E-state index >= 15 is 0 Å². The number of hydrogen-bond acceptors (Lipinski definition) is 4. The molecule has 0 atom stereocenters. The van der Waals surface area contributed by atoms with E-state index in [4.69, 9.17) is 10.00 Å². The lowest BCUT2D eigenvalue weighted by molar-refractivity contribution is -0.115. The van der Waals surface area contributed by atoms with Crippen molar-refractivity contribution in [2.45, 2.75) is 6.42 Å². The smallest absolute Gasteiger partial charge is 0.238 e. The van der Waals surface area contributed by atoms with Crippen molar-refractivity contribution in [1.29, 1.82) is 5.26 Å². The van der Waals surface area contributed by atoms with Crippen molar-refractivity contribution in [2.24, 2.45) is 0 Å². The van der Waals surface area contributed by atoms with Gasteiger partial charge in [-0.05, 0) is 18.2 Å². The Morgan fingerprint density at radius 3 is 2.84 bits per heavy atom. The Morgan fingerprint density at radius 1 is 1.47 bits per heavy atom. The van der Waals surface area contributed by atoms with E-state index in [1.165, 1.54) is 6.07 Å². The third kappa shape index (κ3) is 3.42. The molecule has 1 saturated heterocycles. The topological polar surface area (TPSA) is 65.4 Å². The molecule has 0 unspecified atom stereocenters. The lowest BCUT2D eigenvalue weighted by Crippen LogP contribution is -2.36. The fourth-order valence-electron chi connectivity index (χ4n) is 1.92. The zero-order valence-corrected chi connectivity index (χ0v) is 10.4. The number of benzene rings is 1. The van der Waals surface area contributed by atoms with Gasteiger partial charge in [0.25, 0.3) is 0 Å². The summed E-state index contributed by atoms with van der Waals surface area (Å²) in [5.41, 5.74) is 0.858. The molecule has 1 amide bonds. The van der Waals surface area contributed by atoms with Crippen molar-refractivity contribution in [3.8, 4) is 6.07 Å². The third-order valence-corrected chi connectivity index (χ3v) is 2.82. The number of carbonyl (C=O) groups excluding carboxylic acids is 1. The average molecular weight is 263 g/mol. The number of morpholine rings is 1. The number of rotatable bonds is 3. The third-order valence-electron chi connectivity index (χ3n) is 2.82. The van der Waals surface area contributed by atoms with Crippen LogP contribution < -0.4 is 10.2 Å². The molecule has 1 aromatic carbocycles. The van der Waals surface area contributed by atoms with Gasteiger partial charge >= 0.3 is 0 Å². The summed E-state index contributed by atoms with van der Waals surface area (Å²) in [5.74, 6) is -0.835. The summed E-state index contributed by atoms with van der Waals surface area (Å²) in [4.78, 5) is 13.1. The van der Waals surface area contributed by atoms with Crippen LogP contribution in [0.3, 0.4) is 0 Å². The maximum absolute atomic E-state index is 14.0. The molecule has 0 aromatic heterocycles. The van der Waals surface area contributed by atoms with Gasteiger partial charge in [-0.15, -0.1) is 0 Å². The number of nitrogens with zero attached hydrogens (tertiary/aromatic N) is 2. The maximum Gasteiger partial charge on any atom is 0.238 e. The molecule has 100 valence electrons. The number of carbonyl (C=O) groups is 1. The standard InChI is InChI=1S/C13H14FN3O2/c14-11-9-10(16-13(18)3-4-15)1-2-12(11)17-5-7-19-8-6-17/h1-2,9H,3,5-8H2,(H,16,18). The average Bonchev–Trinajstić information content (AvgIpc) is 2.40. The number of nitrogens with one attached hydrogen (secondary N) is 1. The van der Waals surface area contributed by atoms with Crippen LogP contribution in [0.1, 0.15) is 6.42 Å². The van der Waals surface area contributed by atoms with Gasteiger partial charge in [0.15, 0.2) is 0 Å². The quantitative estimate of drug-likeness (QED) is 0.897. The molecule has 2 rings (SSSR count).